The molecule has 1 aliphatic heterocycles. The molecule has 25 heavy (non-hydrogen) atoms. The van der Waals surface area contributed by atoms with Crippen molar-refractivity contribution in [1.29, 1.82) is 0 Å². The third-order valence-electron chi connectivity index (χ3n) is 4.28. The Labute approximate surface area is 144 Å². The fourth-order valence-corrected chi connectivity index (χ4v) is 2.99. The number of imidazole rings is 1. The molecule has 0 bridgehead atoms. The maximum atomic E-state index is 9.68. The molecule has 8 heteroatoms. The molecule has 3 aromatic rings. The molecule has 1 saturated heterocycles. The molecule has 8 nitrogen and oxygen atoms in total. The summed E-state index contributed by atoms with van der Waals surface area (Å²) in [5.41, 5.74) is 2.43. The standard InChI is InChI=1S/C17H19N5O3/c1-24-13-7-11(4-5-12(13)23)8-18-16-15-17(20-9-19-16)22(10-21-15)14-3-2-6-25-14/h4-5,7,9-10,14,23H,2-3,6,8H2,1H3,(H,18,19,20). The predicted octanol–water partition coefficient (Wildman–Crippen LogP) is 2.46. The number of phenols is 1. The van der Waals surface area contributed by atoms with E-state index in [1.165, 1.54) is 13.4 Å². The lowest BCUT2D eigenvalue weighted by molar-refractivity contribution is 0.0593. The van der Waals surface area contributed by atoms with Crippen LogP contribution in [0, 0.1) is 0 Å². The summed E-state index contributed by atoms with van der Waals surface area (Å²) in [6.07, 6.45) is 5.28. The van der Waals surface area contributed by atoms with E-state index in [4.69, 9.17) is 9.47 Å². The Hall–Kier alpha value is -2.87. The van der Waals surface area contributed by atoms with Gasteiger partial charge in [0.1, 0.15) is 12.6 Å². The highest BCUT2D eigenvalue weighted by molar-refractivity contribution is 5.82. The Balaban J connectivity index is 1.57. The normalized spacial score (nSPS) is 17.1. The number of hydrogen-bond acceptors (Lipinski definition) is 7. The van der Waals surface area contributed by atoms with Crippen molar-refractivity contribution in [3.63, 3.8) is 0 Å². The maximum absolute atomic E-state index is 9.68. The molecule has 0 spiro atoms. The summed E-state index contributed by atoms with van der Waals surface area (Å²) >= 11 is 0. The molecule has 0 amide bonds. The zero-order chi connectivity index (χ0) is 17.2. The van der Waals surface area contributed by atoms with Crippen molar-refractivity contribution in [2.24, 2.45) is 0 Å². The van der Waals surface area contributed by atoms with Gasteiger partial charge in [-0.2, -0.15) is 0 Å². The molecule has 2 N–H and O–H groups in total. The number of rotatable bonds is 5. The number of nitrogens with zero attached hydrogens (tertiary/aromatic N) is 4. The predicted molar refractivity (Wildman–Crippen MR) is 91.5 cm³/mol. The summed E-state index contributed by atoms with van der Waals surface area (Å²) in [4.78, 5) is 13.1. The minimum Gasteiger partial charge on any atom is -0.504 e. The van der Waals surface area contributed by atoms with Crippen molar-refractivity contribution in [1.82, 2.24) is 19.5 Å². The van der Waals surface area contributed by atoms with E-state index in [9.17, 15) is 5.11 Å². The van der Waals surface area contributed by atoms with Crippen LogP contribution in [0.5, 0.6) is 11.5 Å². The van der Waals surface area contributed by atoms with E-state index >= 15 is 0 Å². The van der Waals surface area contributed by atoms with Crippen LogP contribution in [0.3, 0.4) is 0 Å². The highest BCUT2D eigenvalue weighted by atomic mass is 16.5. The first-order valence-electron chi connectivity index (χ1n) is 8.15. The Kier molecular flexibility index (Phi) is 4.10. The van der Waals surface area contributed by atoms with Gasteiger partial charge in [0.25, 0.3) is 0 Å². The lowest BCUT2D eigenvalue weighted by Gasteiger charge is -2.12. The summed E-state index contributed by atoms with van der Waals surface area (Å²) in [7, 11) is 1.53. The quantitative estimate of drug-likeness (QED) is 0.736. The van der Waals surface area contributed by atoms with Crippen LogP contribution in [0.25, 0.3) is 11.2 Å². The Morgan fingerprint density at radius 1 is 1.36 bits per heavy atom. The van der Waals surface area contributed by atoms with Crippen molar-refractivity contribution >= 4 is 17.0 Å². The van der Waals surface area contributed by atoms with Crippen LogP contribution >= 0.6 is 0 Å². The SMILES string of the molecule is COc1cc(CNc2ncnc3c2ncn3C2CCCO2)ccc1O. The second-order valence-electron chi connectivity index (χ2n) is 5.87. The number of methoxy groups -OCH3 is 1. The van der Waals surface area contributed by atoms with Gasteiger partial charge in [-0.1, -0.05) is 6.07 Å². The molecule has 130 valence electrons. The zero-order valence-electron chi connectivity index (χ0n) is 13.8. The number of benzene rings is 1. The zero-order valence-corrected chi connectivity index (χ0v) is 13.8. The van der Waals surface area contributed by atoms with E-state index in [1.807, 2.05) is 10.6 Å². The third kappa shape index (κ3) is 2.96. The number of ether oxygens (including phenoxy) is 2. The molecule has 1 aromatic carbocycles. The van der Waals surface area contributed by atoms with Crippen molar-refractivity contribution < 1.29 is 14.6 Å². The van der Waals surface area contributed by atoms with Crippen LogP contribution in [0.4, 0.5) is 5.82 Å². The van der Waals surface area contributed by atoms with E-state index in [2.05, 4.69) is 20.3 Å². The van der Waals surface area contributed by atoms with Gasteiger partial charge in [0.15, 0.2) is 28.5 Å². The number of phenolic OH excluding ortho intramolecular Hbond substituents is 1. The minimum absolute atomic E-state index is 0.00545. The average Bonchev–Trinajstić information content (AvgIpc) is 3.30. The van der Waals surface area contributed by atoms with Crippen LogP contribution in [0.15, 0.2) is 30.9 Å². The van der Waals surface area contributed by atoms with Crippen LogP contribution in [0.1, 0.15) is 24.6 Å². The lowest BCUT2D eigenvalue weighted by atomic mass is 10.2. The molecular weight excluding hydrogens is 322 g/mol. The van der Waals surface area contributed by atoms with Gasteiger partial charge in [0.2, 0.25) is 0 Å². The Morgan fingerprint density at radius 2 is 2.28 bits per heavy atom. The molecule has 3 heterocycles. The van der Waals surface area contributed by atoms with Crippen LogP contribution < -0.4 is 10.1 Å². The van der Waals surface area contributed by atoms with Gasteiger partial charge in [0.05, 0.1) is 13.4 Å². The second-order valence-corrected chi connectivity index (χ2v) is 5.87. The first-order chi connectivity index (χ1) is 12.3. The van der Waals surface area contributed by atoms with Crippen LogP contribution in [0.2, 0.25) is 0 Å². The summed E-state index contributed by atoms with van der Waals surface area (Å²) < 4.78 is 12.8. The molecule has 4 rings (SSSR count). The van der Waals surface area contributed by atoms with Crippen molar-refractivity contribution in [3.8, 4) is 11.5 Å². The monoisotopic (exact) mass is 341 g/mol. The summed E-state index contributed by atoms with van der Waals surface area (Å²) in [6, 6.07) is 5.22. The van der Waals surface area contributed by atoms with Gasteiger partial charge >= 0.3 is 0 Å². The summed E-state index contributed by atoms with van der Waals surface area (Å²) in [6.45, 7) is 1.29. The molecule has 1 fully saturated rings. The number of anilines is 1. The van der Waals surface area contributed by atoms with Gasteiger partial charge < -0.3 is 19.9 Å². The molecule has 1 atom stereocenters. The number of aromatic hydroxyl groups is 1. The van der Waals surface area contributed by atoms with Crippen molar-refractivity contribution in [2.75, 3.05) is 19.0 Å². The maximum Gasteiger partial charge on any atom is 0.167 e. The Morgan fingerprint density at radius 3 is 3.08 bits per heavy atom. The fraction of sp³-hybridized carbons (Fsp3) is 0.353. The molecule has 2 aromatic heterocycles. The first-order valence-corrected chi connectivity index (χ1v) is 8.15. The highest BCUT2D eigenvalue weighted by Crippen LogP contribution is 2.29. The number of fused-ring (bicyclic) bond motifs is 1. The van der Waals surface area contributed by atoms with E-state index in [0.29, 0.717) is 23.6 Å². The van der Waals surface area contributed by atoms with Crippen LogP contribution in [-0.4, -0.2) is 38.3 Å². The van der Waals surface area contributed by atoms with Gasteiger partial charge in [-0.15, -0.1) is 0 Å². The molecule has 0 radical (unpaired) electrons. The number of nitrogens with one attached hydrogen (secondary N) is 1. The molecule has 1 unspecified atom stereocenters. The first kappa shape index (κ1) is 15.6. The topological polar surface area (TPSA) is 94.3 Å². The largest absolute Gasteiger partial charge is 0.504 e. The van der Waals surface area contributed by atoms with E-state index in [-0.39, 0.29) is 12.0 Å². The molecule has 1 aliphatic rings. The summed E-state index contributed by atoms with van der Waals surface area (Å²) in [5.74, 6) is 1.22. The third-order valence-corrected chi connectivity index (χ3v) is 4.28. The lowest BCUT2D eigenvalue weighted by Crippen LogP contribution is -2.07. The van der Waals surface area contributed by atoms with Gasteiger partial charge in [-0.05, 0) is 30.5 Å². The highest BCUT2D eigenvalue weighted by Gasteiger charge is 2.21. The van der Waals surface area contributed by atoms with Gasteiger partial charge in [-0.25, -0.2) is 15.0 Å². The smallest absolute Gasteiger partial charge is 0.167 e. The molecular formula is C17H19N5O3. The number of hydrogen-bond donors (Lipinski definition) is 2. The van der Waals surface area contributed by atoms with E-state index < -0.39 is 0 Å². The fourth-order valence-electron chi connectivity index (χ4n) is 2.99. The van der Waals surface area contributed by atoms with Crippen molar-refractivity contribution in [3.05, 3.63) is 36.4 Å². The summed E-state index contributed by atoms with van der Waals surface area (Å²) in [5, 5.41) is 13.0. The van der Waals surface area contributed by atoms with E-state index in [1.54, 1.807) is 18.5 Å². The van der Waals surface area contributed by atoms with Gasteiger partial charge in [-0.3, -0.25) is 4.57 Å². The van der Waals surface area contributed by atoms with E-state index in [0.717, 1.165) is 30.7 Å². The van der Waals surface area contributed by atoms with Crippen molar-refractivity contribution in [2.45, 2.75) is 25.6 Å². The Bertz CT molecular complexity index is 889. The minimum atomic E-state index is -0.00545. The molecule has 0 saturated carbocycles. The van der Waals surface area contributed by atoms with Gasteiger partial charge in [0, 0.05) is 13.2 Å². The second kappa shape index (κ2) is 6.56. The molecule has 0 aliphatic carbocycles. The average molecular weight is 341 g/mol. The van der Waals surface area contributed by atoms with Crippen LogP contribution in [-0.2, 0) is 11.3 Å². The number of aromatic nitrogens is 4.